The molecular weight excluding hydrogens is 261 g/mol. The van der Waals surface area contributed by atoms with Crippen LogP contribution in [0.5, 0.6) is 5.75 Å². The van der Waals surface area contributed by atoms with Crippen LogP contribution in [0.3, 0.4) is 0 Å². The fraction of sp³-hybridized carbons (Fsp3) is 0.200. The van der Waals surface area contributed by atoms with Crippen LogP contribution in [0.15, 0.2) is 24.3 Å². The van der Waals surface area contributed by atoms with E-state index < -0.39 is 11.8 Å². The lowest BCUT2D eigenvalue weighted by Crippen LogP contribution is -2.05. The summed E-state index contributed by atoms with van der Waals surface area (Å²) in [7, 11) is 1.41. The fourth-order valence-electron chi connectivity index (χ4n) is 1.97. The summed E-state index contributed by atoms with van der Waals surface area (Å²) < 4.78 is 19.5. The van der Waals surface area contributed by atoms with E-state index in [0.29, 0.717) is 11.3 Å². The van der Waals surface area contributed by atoms with Crippen LogP contribution in [0.25, 0.3) is 11.3 Å². The predicted octanol–water partition coefficient (Wildman–Crippen LogP) is 3.21. The van der Waals surface area contributed by atoms with Crippen molar-refractivity contribution >= 4 is 5.97 Å². The molecule has 0 fully saturated rings. The first-order chi connectivity index (χ1) is 9.45. The summed E-state index contributed by atoms with van der Waals surface area (Å²) in [6.07, 6.45) is 0. The lowest BCUT2D eigenvalue weighted by atomic mass is 10.0. The highest BCUT2D eigenvalue weighted by atomic mass is 19.1. The fourth-order valence-corrected chi connectivity index (χ4v) is 1.97. The molecule has 0 unspecified atom stereocenters. The van der Waals surface area contributed by atoms with E-state index in [1.54, 1.807) is 32.0 Å². The molecule has 0 aliphatic carbocycles. The molecule has 0 saturated heterocycles. The first-order valence-corrected chi connectivity index (χ1v) is 6.00. The topological polar surface area (TPSA) is 59.4 Å². The summed E-state index contributed by atoms with van der Waals surface area (Å²) in [6, 6.07) is 6.17. The number of methoxy groups -OCH3 is 1. The minimum absolute atomic E-state index is 0.0570. The van der Waals surface area contributed by atoms with Gasteiger partial charge < -0.3 is 9.84 Å². The van der Waals surface area contributed by atoms with E-state index in [1.165, 1.54) is 13.2 Å². The van der Waals surface area contributed by atoms with Gasteiger partial charge in [-0.25, -0.2) is 9.18 Å². The standard InChI is InChI=1S/C15H14FNO3/c1-8-4-7-11(20-3)12(13(8)16)14-10(15(18)19)6-5-9(2)17-14/h4-7H,1-3H3,(H,18,19). The molecule has 5 heteroatoms. The highest BCUT2D eigenvalue weighted by molar-refractivity contribution is 5.95. The Balaban J connectivity index is 2.83. The highest BCUT2D eigenvalue weighted by Gasteiger charge is 2.21. The van der Waals surface area contributed by atoms with E-state index in [4.69, 9.17) is 4.74 Å². The molecule has 20 heavy (non-hydrogen) atoms. The van der Waals surface area contributed by atoms with Gasteiger partial charge in [-0.3, -0.25) is 4.98 Å². The molecule has 0 radical (unpaired) electrons. The van der Waals surface area contributed by atoms with Gasteiger partial charge in [-0.15, -0.1) is 0 Å². The number of nitrogens with zero attached hydrogens (tertiary/aromatic N) is 1. The van der Waals surface area contributed by atoms with Crippen molar-refractivity contribution in [3.63, 3.8) is 0 Å². The Hall–Kier alpha value is -2.43. The summed E-state index contributed by atoms with van der Waals surface area (Å²) in [4.78, 5) is 15.5. The minimum atomic E-state index is -1.16. The molecule has 1 heterocycles. The number of aromatic nitrogens is 1. The first-order valence-electron chi connectivity index (χ1n) is 6.00. The highest BCUT2D eigenvalue weighted by Crippen LogP contribution is 2.35. The smallest absolute Gasteiger partial charge is 0.337 e. The van der Waals surface area contributed by atoms with Crippen LogP contribution in [0.4, 0.5) is 4.39 Å². The van der Waals surface area contributed by atoms with Gasteiger partial charge in [0.2, 0.25) is 0 Å². The number of benzene rings is 1. The number of hydrogen-bond donors (Lipinski definition) is 1. The van der Waals surface area contributed by atoms with E-state index in [-0.39, 0.29) is 22.6 Å². The number of aryl methyl sites for hydroxylation is 2. The Morgan fingerprint density at radius 2 is 1.95 bits per heavy atom. The molecule has 2 rings (SSSR count). The van der Waals surface area contributed by atoms with Gasteiger partial charge in [-0.2, -0.15) is 0 Å². The zero-order chi connectivity index (χ0) is 14.9. The van der Waals surface area contributed by atoms with Crippen LogP contribution >= 0.6 is 0 Å². The first kappa shape index (κ1) is 14.0. The van der Waals surface area contributed by atoms with E-state index in [0.717, 1.165) is 0 Å². The monoisotopic (exact) mass is 275 g/mol. The number of carbonyl (C=O) groups is 1. The molecule has 0 amide bonds. The normalized spacial score (nSPS) is 10.4. The Bertz CT molecular complexity index is 683. The summed E-state index contributed by atoms with van der Waals surface area (Å²) in [5.74, 6) is -1.42. The van der Waals surface area contributed by atoms with Crippen LogP contribution in [0, 0.1) is 19.7 Å². The number of aromatic carboxylic acids is 1. The molecule has 1 aromatic carbocycles. The zero-order valence-electron chi connectivity index (χ0n) is 11.4. The van der Waals surface area contributed by atoms with Crippen molar-refractivity contribution in [2.75, 3.05) is 7.11 Å². The van der Waals surface area contributed by atoms with Crippen LogP contribution < -0.4 is 4.74 Å². The van der Waals surface area contributed by atoms with Gasteiger partial charge in [0.05, 0.1) is 23.9 Å². The lowest BCUT2D eigenvalue weighted by Gasteiger charge is -2.13. The van der Waals surface area contributed by atoms with E-state index in [2.05, 4.69) is 4.98 Å². The number of halogens is 1. The number of ether oxygens (including phenoxy) is 1. The third kappa shape index (κ3) is 2.34. The average Bonchev–Trinajstić information content (AvgIpc) is 2.41. The SMILES string of the molecule is COc1ccc(C)c(F)c1-c1nc(C)ccc1C(=O)O. The van der Waals surface area contributed by atoms with Crippen molar-refractivity contribution in [1.82, 2.24) is 4.98 Å². The van der Waals surface area contributed by atoms with Crippen LogP contribution in [0.1, 0.15) is 21.6 Å². The Kier molecular flexibility index (Phi) is 3.70. The number of hydrogen-bond acceptors (Lipinski definition) is 3. The Morgan fingerprint density at radius 1 is 1.25 bits per heavy atom. The maximum absolute atomic E-state index is 14.4. The maximum atomic E-state index is 14.4. The lowest BCUT2D eigenvalue weighted by molar-refractivity contribution is 0.0697. The molecule has 0 bridgehead atoms. The number of pyridine rings is 1. The second kappa shape index (κ2) is 5.28. The van der Waals surface area contributed by atoms with E-state index in [1.807, 2.05) is 0 Å². The summed E-state index contributed by atoms with van der Waals surface area (Å²) in [6.45, 7) is 3.32. The van der Waals surface area contributed by atoms with Gasteiger partial charge in [-0.05, 0) is 37.6 Å². The van der Waals surface area contributed by atoms with Crippen molar-refractivity contribution in [2.24, 2.45) is 0 Å². The van der Waals surface area contributed by atoms with Gasteiger partial charge in [-0.1, -0.05) is 6.07 Å². The van der Waals surface area contributed by atoms with Gasteiger partial charge in [0, 0.05) is 5.69 Å². The van der Waals surface area contributed by atoms with Crippen LogP contribution in [0.2, 0.25) is 0 Å². The van der Waals surface area contributed by atoms with E-state index >= 15 is 0 Å². The molecule has 1 aromatic heterocycles. The molecule has 104 valence electrons. The largest absolute Gasteiger partial charge is 0.496 e. The Morgan fingerprint density at radius 3 is 2.55 bits per heavy atom. The van der Waals surface area contributed by atoms with Crippen LogP contribution in [-0.2, 0) is 0 Å². The number of carboxylic acid groups (broad SMARTS) is 1. The molecular formula is C15H14FNO3. The molecule has 0 aliphatic rings. The molecule has 2 aromatic rings. The predicted molar refractivity (Wildman–Crippen MR) is 72.6 cm³/mol. The summed E-state index contributed by atoms with van der Waals surface area (Å²) >= 11 is 0. The van der Waals surface area contributed by atoms with Crippen molar-refractivity contribution in [3.8, 4) is 17.0 Å². The second-order valence-electron chi connectivity index (χ2n) is 4.43. The van der Waals surface area contributed by atoms with Gasteiger partial charge in [0.1, 0.15) is 11.6 Å². The van der Waals surface area contributed by atoms with Gasteiger partial charge in [0.25, 0.3) is 0 Å². The zero-order valence-corrected chi connectivity index (χ0v) is 11.4. The third-order valence-electron chi connectivity index (χ3n) is 3.02. The summed E-state index contributed by atoms with van der Waals surface area (Å²) in [5.41, 5.74) is 1.11. The second-order valence-corrected chi connectivity index (χ2v) is 4.43. The summed E-state index contributed by atoms with van der Waals surface area (Å²) in [5, 5.41) is 9.24. The van der Waals surface area contributed by atoms with Crippen LogP contribution in [-0.4, -0.2) is 23.2 Å². The molecule has 0 aliphatic heterocycles. The van der Waals surface area contributed by atoms with E-state index in [9.17, 15) is 14.3 Å². The number of rotatable bonds is 3. The molecule has 0 saturated carbocycles. The average molecular weight is 275 g/mol. The number of carboxylic acids is 1. The Labute approximate surface area is 115 Å². The van der Waals surface area contributed by atoms with Crippen molar-refractivity contribution in [1.29, 1.82) is 0 Å². The molecule has 0 atom stereocenters. The minimum Gasteiger partial charge on any atom is -0.496 e. The molecule has 0 spiro atoms. The maximum Gasteiger partial charge on any atom is 0.337 e. The third-order valence-corrected chi connectivity index (χ3v) is 3.02. The van der Waals surface area contributed by atoms with Gasteiger partial charge in [0.15, 0.2) is 0 Å². The molecule has 4 nitrogen and oxygen atoms in total. The van der Waals surface area contributed by atoms with Crippen molar-refractivity contribution < 1.29 is 19.0 Å². The van der Waals surface area contributed by atoms with Crippen molar-refractivity contribution in [3.05, 3.63) is 46.9 Å². The van der Waals surface area contributed by atoms with Gasteiger partial charge >= 0.3 is 5.97 Å². The quantitative estimate of drug-likeness (QED) is 0.934. The van der Waals surface area contributed by atoms with Crippen molar-refractivity contribution in [2.45, 2.75) is 13.8 Å². The molecule has 1 N–H and O–H groups in total.